The molecule has 0 atom stereocenters. The smallest absolute Gasteiger partial charge is 0.412 e. The highest BCUT2D eigenvalue weighted by atomic mass is 16.6. The Morgan fingerprint density at radius 3 is 2.33 bits per heavy atom. The Hall–Kier alpha value is -1.55. The molecule has 0 aliphatic carbocycles. The number of hydrogen-bond donors (Lipinski definition) is 1. The van der Waals surface area contributed by atoms with E-state index in [4.69, 9.17) is 4.74 Å². The van der Waals surface area contributed by atoms with E-state index < -0.39 is 11.7 Å². The Kier molecular flexibility index (Phi) is 5.23. The zero-order valence-electron chi connectivity index (χ0n) is 13.3. The molecule has 1 aliphatic rings. The zero-order valence-corrected chi connectivity index (χ0v) is 13.3. The van der Waals surface area contributed by atoms with Crippen molar-refractivity contribution in [3.63, 3.8) is 0 Å². The van der Waals surface area contributed by atoms with Crippen molar-refractivity contribution < 1.29 is 9.53 Å². The van der Waals surface area contributed by atoms with Gasteiger partial charge in [-0.15, -0.1) is 0 Å². The summed E-state index contributed by atoms with van der Waals surface area (Å²) in [4.78, 5) is 14.2. The van der Waals surface area contributed by atoms with Gasteiger partial charge in [0.15, 0.2) is 0 Å². The van der Waals surface area contributed by atoms with Crippen LogP contribution in [-0.2, 0) is 11.3 Å². The molecule has 1 N–H and O–H groups in total. The molecule has 0 aromatic heterocycles. The molecule has 4 heteroatoms. The predicted octanol–water partition coefficient (Wildman–Crippen LogP) is 4.02. The first-order valence-corrected chi connectivity index (χ1v) is 7.74. The van der Waals surface area contributed by atoms with E-state index in [-0.39, 0.29) is 0 Å². The van der Waals surface area contributed by atoms with Gasteiger partial charge in [-0.05, 0) is 64.4 Å². The van der Waals surface area contributed by atoms with Crippen LogP contribution in [0.2, 0.25) is 0 Å². The van der Waals surface area contributed by atoms with E-state index in [0.29, 0.717) is 0 Å². The Morgan fingerprint density at radius 1 is 1.14 bits per heavy atom. The number of rotatable bonds is 3. The summed E-state index contributed by atoms with van der Waals surface area (Å²) in [5.74, 6) is 0. The SMILES string of the molecule is CC(C)(C)OC(=O)Nc1ccc(CN2CCCCC2)cc1. The van der Waals surface area contributed by atoms with Crippen molar-refractivity contribution in [3.05, 3.63) is 29.8 Å². The fourth-order valence-electron chi connectivity index (χ4n) is 2.49. The monoisotopic (exact) mass is 290 g/mol. The van der Waals surface area contributed by atoms with Gasteiger partial charge >= 0.3 is 6.09 Å². The first-order chi connectivity index (χ1) is 9.92. The van der Waals surface area contributed by atoms with E-state index in [0.717, 1.165) is 12.2 Å². The molecule has 116 valence electrons. The third-order valence-corrected chi connectivity index (χ3v) is 3.45. The van der Waals surface area contributed by atoms with E-state index in [2.05, 4.69) is 22.3 Å². The van der Waals surface area contributed by atoms with Gasteiger partial charge in [0, 0.05) is 12.2 Å². The quantitative estimate of drug-likeness (QED) is 0.914. The van der Waals surface area contributed by atoms with Crippen LogP contribution in [0.3, 0.4) is 0 Å². The Bertz CT molecular complexity index is 457. The third-order valence-electron chi connectivity index (χ3n) is 3.45. The van der Waals surface area contributed by atoms with Gasteiger partial charge in [0.05, 0.1) is 0 Å². The van der Waals surface area contributed by atoms with Crippen molar-refractivity contribution in [3.8, 4) is 0 Å². The summed E-state index contributed by atoms with van der Waals surface area (Å²) in [6, 6.07) is 8.01. The summed E-state index contributed by atoms with van der Waals surface area (Å²) >= 11 is 0. The minimum atomic E-state index is -0.474. The average molecular weight is 290 g/mol. The molecule has 0 saturated carbocycles. The number of hydrogen-bond acceptors (Lipinski definition) is 3. The van der Waals surface area contributed by atoms with Gasteiger partial charge < -0.3 is 4.74 Å². The second-order valence-electron chi connectivity index (χ2n) is 6.66. The maximum Gasteiger partial charge on any atom is 0.412 e. The molecule has 0 bridgehead atoms. The Labute approximate surface area is 127 Å². The van der Waals surface area contributed by atoms with Gasteiger partial charge in [0.25, 0.3) is 0 Å². The number of piperidine rings is 1. The van der Waals surface area contributed by atoms with Crippen molar-refractivity contribution in [2.75, 3.05) is 18.4 Å². The third kappa shape index (κ3) is 5.76. The lowest BCUT2D eigenvalue weighted by Gasteiger charge is -2.26. The summed E-state index contributed by atoms with van der Waals surface area (Å²) in [5, 5.41) is 2.75. The molecular formula is C17H26N2O2. The molecule has 2 rings (SSSR count). The number of nitrogens with one attached hydrogen (secondary N) is 1. The van der Waals surface area contributed by atoms with E-state index in [1.807, 2.05) is 32.9 Å². The highest BCUT2D eigenvalue weighted by molar-refractivity contribution is 5.84. The minimum Gasteiger partial charge on any atom is -0.444 e. The lowest BCUT2D eigenvalue weighted by Crippen LogP contribution is -2.29. The molecule has 1 amide bonds. The maximum absolute atomic E-state index is 11.7. The van der Waals surface area contributed by atoms with E-state index >= 15 is 0 Å². The summed E-state index contributed by atoms with van der Waals surface area (Å²) < 4.78 is 5.24. The number of carbonyl (C=O) groups is 1. The molecule has 1 aliphatic heterocycles. The number of likely N-dealkylation sites (tertiary alicyclic amines) is 1. The van der Waals surface area contributed by atoms with Crippen molar-refractivity contribution in [1.82, 2.24) is 4.90 Å². The average Bonchev–Trinajstić information content (AvgIpc) is 2.40. The second-order valence-corrected chi connectivity index (χ2v) is 6.66. The highest BCUT2D eigenvalue weighted by Crippen LogP contribution is 2.16. The minimum absolute atomic E-state index is 0.411. The van der Waals surface area contributed by atoms with E-state index in [9.17, 15) is 4.79 Å². The van der Waals surface area contributed by atoms with Crippen LogP contribution in [0.25, 0.3) is 0 Å². The van der Waals surface area contributed by atoms with Crippen LogP contribution in [0.1, 0.15) is 45.6 Å². The number of carbonyl (C=O) groups excluding carboxylic acids is 1. The van der Waals surface area contributed by atoms with Crippen molar-refractivity contribution in [2.45, 2.75) is 52.2 Å². The summed E-state index contributed by atoms with van der Waals surface area (Å²) in [5.41, 5.74) is 1.58. The van der Waals surface area contributed by atoms with E-state index in [1.165, 1.54) is 37.9 Å². The molecule has 0 radical (unpaired) electrons. The zero-order chi connectivity index (χ0) is 15.3. The molecule has 1 aromatic rings. The summed E-state index contributed by atoms with van der Waals surface area (Å²) in [6.45, 7) is 8.94. The normalized spacial score (nSPS) is 16.5. The number of anilines is 1. The van der Waals surface area contributed by atoms with Gasteiger partial charge in [-0.2, -0.15) is 0 Å². The van der Waals surface area contributed by atoms with Gasteiger partial charge in [0.2, 0.25) is 0 Å². The van der Waals surface area contributed by atoms with Crippen LogP contribution in [0.5, 0.6) is 0 Å². The molecule has 1 fully saturated rings. The largest absolute Gasteiger partial charge is 0.444 e. The number of amides is 1. The first kappa shape index (κ1) is 15.8. The molecule has 0 spiro atoms. The van der Waals surface area contributed by atoms with Crippen LogP contribution >= 0.6 is 0 Å². The standard InChI is InChI=1S/C17H26N2O2/c1-17(2,3)21-16(20)18-15-9-7-14(8-10-15)13-19-11-5-4-6-12-19/h7-10H,4-6,11-13H2,1-3H3,(H,18,20). The van der Waals surface area contributed by atoms with Crippen LogP contribution in [0.15, 0.2) is 24.3 Å². The van der Waals surface area contributed by atoms with Gasteiger partial charge in [-0.25, -0.2) is 4.79 Å². The molecule has 1 saturated heterocycles. The second kappa shape index (κ2) is 6.94. The van der Waals surface area contributed by atoms with Gasteiger partial charge in [-0.3, -0.25) is 10.2 Å². The highest BCUT2D eigenvalue weighted by Gasteiger charge is 2.16. The summed E-state index contributed by atoms with van der Waals surface area (Å²) in [7, 11) is 0. The van der Waals surface area contributed by atoms with Crippen molar-refractivity contribution in [2.24, 2.45) is 0 Å². The molecule has 0 unspecified atom stereocenters. The van der Waals surface area contributed by atoms with Crippen LogP contribution in [-0.4, -0.2) is 29.7 Å². The maximum atomic E-state index is 11.7. The molecule has 21 heavy (non-hydrogen) atoms. The lowest BCUT2D eigenvalue weighted by molar-refractivity contribution is 0.0636. The Balaban J connectivity index is 1.85. The first-order valence-electron chi connectivity index (χ1n) is 7.74. The van der Waals surface area contributed by atoms with Crippen molar-refractivity contribution in [1.29, 1.82) is 0 Å². The molecule has 1 aromatic carbocycles. The summed E-state index contributed by atoms with van der Waals surface area (Å²) in [6.07, 6.45) is 3.55. The number of benzene rings is 1. The van der Waals surface area contributed by atoms with Crippen LogP contribution in [0, 0.1) is 0 Å². The lowest BCUT2D eigenvalue weighted by atomic mass is 10.1. The van der Waals surface area contributed by atoms with Gasteiger partial charge in [0.1, 0.15) is 5.60 Å². The van der Waals surface area contributed by atoms with Crippen LogP contribution < -0.4 is 5.32 Å². The van der Waals surface area contributed by atoms with Crippen LogP contribution in [0.4, 0.5) is 10.5 Å². The van der Waals surface area contributed by atoms with Crippen molar-refractivity contribution >= 4 is 11.8 Å². The Morgan fingerprint density at radius 2 is 1.76 bits per heavy atom. The number of nitrogens with zero attached hydrogens (tertiary/aromatic N) is 1. The predicted molar refractivity (Wildman–Crippen MR) is 85.4 cm³/mol. The molecule has 4 nitrogen and oxygen atoms in total. The topological polar surface area (TPSA) is 41.6 Å². The fraction of sp³-hybridized carbons (Fsp3) is 0.588. The number of ether oxygens (including phenoxy) is 1. The molecular weight excluding hydrogens is 264 g/mol. The van der Waals surface area contributed by atoms with Gasteiger partial charge in [-0.1, -0.05) is 18.6 Å². The van der Waals surface area contributed by atoms with E-state index in [1.54, 1.807) is 0 Å². The molecule has 1 heterocycles. The fourth-order valence-corrected chi connectivity index (χ4v) is 2.49.